The van der Waals surface area contributed by atoms with Crippen molar-refractivity contribution in [3.8, 4) is 0 Å². The summed E-state index contributed by atoms with van der Waals surface area (Å²) in [6, 6.07) is 0. The van der Waals surface area contributed by atoms with Gasteiger partial charge in [-0.05, 0) is 6.92 Å². The van der Waals surface area contributed by atoms with E-state index in [1.54, 1.807) is 11.9 Å². The van der Waals surface area contributed by atoms with Crippen LogP contribution in [0.5, 0.6) is 0 Å². The van der Waals surface area contributed by atoms with Gasteiger partial charge in [-0.1, -0.05) is 0 Å². The second-order valence-corrected chi connectivity index (χ2v) is 2.52. The number of nitrogens with one attached hydrogen (secondary N) is 1. The summed E-state index contributed by atoms with van der Waals surface area (Å²) in [5.41, 5.74) is 5.90. The van der Waals surface area contributed by atoms with E-state index in [1.165, 1.54) is 6.20 Å². The normalized spacial score (nSPS) is 9.83. The molecule has 1 heterocycles. The second kappa shape index (κ2) is 3.25. The van der Waals surface area contributed by atoms with E-state index in [9.17, 15) is 4.79 Å². The number of carbonyl (C=O) groups excluding carboxylic acids is 1. The van der Waals surface area contributed by atoms with Crippen LogP contribution in [0.2, 0.25) is 0 Å². The molecule has 0 atom stereocenters. The molecule has 0 saturated heterocycles. The molecular formula is C7H12N4O. The van der Waals surface area contributed by atoms with Crippen molar-refractivity contribution in [2.24, 2.45) is 0 Å². The van der Waals surface area contributed by atoms with Crippen LogP contribution < -0.4 is 5.73 Å². The quantitative estimate of drug-likeness (QED) is 0.656. The Morgan fingerprint density at radius 3 is 2.92 bits per heavy atom. The Morgan fingerprint density at radius 2 is 2.50 bits per heavy atom. The first kappa shape index (κ1) is 8.58. The molecular weight excluding hydrogens is 156 g/mol. The van der Waals surface area contributed by atoms with Crippen molar-refractivity contribution < 1.29 is 4.79 Å². The molecule has 1 aromatic rings. The minimum Gasteiger partial charge on any atom is -0.383 e. The van der Waals surface area contributed by atoms with Crippen LogP contribution >= 0.6 is 0 Å². The lowest BCUT2D eigenvalue weighted by Gasteiger charge is -2.12. The van der Waals surface area contributed by atoms with Gasteiger partial charge in [-0.25, -0.2) is 0 Å². The van der Waals surface area contributed by atoms with Gasteiger partial charge in [-0.15, -0.1) is 0 Å². The molecule has 0 saturated carbocycles. The smallest absolute Gasteiger partial charge is 0.258 e. The molecule has 0 unspecified atom stereocenters. The van der Waals surface area contributed by atoms with Crippen LogP contribution in [0.25, 0.3) is 0 Å². The van der Waals surface area contributed by atoms with Gasteiger partial charge in [0.1, 0.15) is 11.4 Å². The fourth-order valence-electron chi connectivity index (χ4n) is 0.816. The highest BCUT2D eigenvalue weighted by Gasteiger charge is 2.14. The van der Waals surface area contributed by atoms with Gasteiger partial charge in [0.25, 0.3) is 5.91 Å². The molecule has 0 spiro atoms. The van der Waals surface area contributed by atoms with Crippen molar-refractivity contribution in [1.82, 2.24) is 15.1 Å². The number of aromatic amines is 1. The van der Waals surface area contributed by atoms with Crippen molar-refractivity contribution >= 4 is 11.7 Å². The van der Waals surface area contributed by atoms with E-state index < -0.39 is 0 Å². The molecule has 0 radical (unpaired) electrons. The summed E-state index contributed by atoms with van der Waals surface area (Å²) < 4.78 is 0. The monoisotopic (exact) mass is 168 g/mol. The lowest BCUT2D eigenvalue weighted by Crippen LogP contribution is -2.26. The molecule has 1 aromatic heterocycles. The molecule has 66 valence electrons. The average molecular weight is 168 g/mol. The molecule has 3 N–H and O–H groups in total. The van der Waals surface area contributed by atoms with Crippen LogP contribution in [0.1, 0.15) is 17.3 Å². The number of aromatic nitrogens is 2. The first-order valence-electron chi connectivity index (χ1n) is 3.71. The number of nitrogen functional groups attached to an aromatic ring is 1. The Balaban J connectivity index is 2.85. The highest BCUT2D eigenvalue weighted by Crippen LogP contribution is 2.08. The highest BCUT2D eigenvalue weighted by atomic mass is 16.2. The SMILES string of the molecule is CCN(C)C(=O)c1cn[nH]c1N. The Hall–Kier alpha value is -1.52. The Morgan fingerprint density at radius 1 is 1.83 bits per heavy atom. The van der Waals surface area contributed by atoms with E-state index in [2.05, 4.69) is 10.2 Å². The summed E-state index contributed by atoms with van der Waals surface area (Å²) >= 11 is 0. The van der Waals surface area contributed by atoms with Crippen LogP contribution in [0.4, 0.5) is 5.82 Å². The number of hydrogen-bond acceptors (Lipinski definition) is 3. The van der Waals surface area contributed by atoms with Gasteiger partial charge in [0.2, 0.25) is 0 Å². The maximum Gasteiger partial charge on any atom is 0.258 e. The summed E-state index contributed by atoms with van der Waals surface area (Å²) in [5.74, 6) is 0.212. The van der Waals surface area contributed by atoms with E-state index in [0.717, 1.165) is 0 Å². The minimum absolute atomic E-state index is 0.108. The zero-order chi connectivity index (χ0) is 9.14. The van der Waals surface area contributed by atoms with Crippen molar-refractivity contribution in [2.75, 3.05) is 19.3 Å². The van der Waals surface area contributed by atoms with Crippen LogP contribution in [-0.4, -0.2) is 34.6 Å². The molecule has 5 heteroatoms. The van der Waals surface area contributed by atoms with E-state index in [4.69, 9.17) is 5.73 Å². The molecule has 12 heavy (non-hydrogen) atoms. The van der Waals surface area contributed by atoms with Crippen LogP contribution in [0.15, 0.2) is 6.20 Å². The first-order chi connectivity index (χ1) is 5.66. The number of nitrogens with two attached hydrogens (primary N) is 1. The number of rotatable bonds is 2. The topological polar surface area (TPSA) is 75.0 Å². The minimum atomic E-state index is -0.108. The highest BCUT2D eigenvalue weighted by molar-refractivity contribution is 5.97. The maximum atomic E-state index is 11.4. The van der Waals surface area contributed by atoms with Gasteiger partial charge >= 0.3 is 0 Å². The third kappa shape index (κ3) is 1.39. The fraction of sp³-hybridized carbons (Fsp3) is 0.429. The third-order valence-electron chi connectivity index (χ3n) is 1.72. The largest absolute Gasteiger partial charge is 0.383 e. The Bertz CT molecular complexity index is 281. The molecule has 1 rings (SSSR count). The zero-order valence-corrected chi connectivity index (χ0v) is 7.16. The van der Waals surface area contributed by atoms with Crippen molar-refractivity contribution in [3.05, 3.63) is 11.8 Å². The van der Waals surface area contributed by atoms with Crippen LogP contribution in [-0.2, 0) is 0 Å². The second-order valence-electron chi connectivity index (χ2n) is 2.52. The maximum absolute atomic E-state index is 11.4. The number of anilines is 1. The van der Waals surface area contributed by atoms with Crippen molar-refractivity contribution in [3.63, 3.8) is 0 Å². The lowest BCUT2D eigenvalue weighted by atomic mass is 10.3. The molecule has 0 aliphatic carbocycles. The van der Waals surface area contributed by atoms with Crippen LogP contribution in [0.3, 0.4) is 0 Å². The van der Waals surface area contributed by atoms with Gasteiger partial charge in [0.05, 0.1) is 6.20 Å². The zero-order valence-electron chi connectivity index (χ0n) is 7.16. The summed E-state index contributed by atoms with van der Waals surface area (Å²) in [5, 5.41) is 6.17. The number of amides is 1. The summed E-state index contributed by atoms with van der Waals surface area (Å²) in [7, 11) is 1.72. The molecule has 0 aromatic carbocycles. The van der Waals surface area contributed by atoms with E-state index >= 15 is 0 Å². The van der Waals surface area contributed by atoms with Gasteiger partial charge in [0.15, 0.2) is 0 Å². The van der Waals surface area contributed by atoms with Crippen molar-refractivity contribution in [2.45, 2.75) is 6.92 Å². The Labute approximate surface area is 70.5 Å². The van der Waals surface area contributed by atoms with Crippen molar-refractivity contribution in [1.29, 1.82) is 0 Å². The van der Waals surface area contributed by atoms with Gasteiger partial charge in [0, 0.05) is 13.6 Å². The van der Waals surface area contributed by atoms with E-state index in [-0.39, 0.29) is 5.91 Å². The predicted octanol–water partition coefficient (Wildman–Crippen LogP) is 0.0838. The number of H-pyrrole nitrogens is 1. The number of carbonyl (C=O) groups is 1. The summed E-state index contributed by atoms with van der Waals surface area (Å²) in [6.07, 6.45) is 1.43. The predicted molar refractivity (Wildman–Crippen MR) is 45.6 cm³/mol. The Kier molecular flexibility index (Phi) is 2.32. The van der Waals surface area contributed by atoms with Gasteiger partial charge < -0.3 is 10.6 Å². The fourth-order valence-corrected chi connectivity index (χ4v) is 0.816. The molecule has 0 aliphatic rings. The van der Waals surface area contributed by atoms with Gasteiger partial charge in [-0.2, -0.15) is 5.10 Å². The average Bonchev–Trinajstić information content (AvgIpc) is 2.48. The molecule has 0 fully saturated rings. The standard InChI is InChI=1S/C7H12N4O/c1-3-11(2)7(12)5-4-9-10-6(5)8/h4H,3H2,1-2H3,(H3,8,9,10). The number of hydrogen-bond donors (Lipinski definition) is 2. The third-order valence-corrected chi connectivity index (χ3v) is 1.72. The van der Waals surface area contributed by atoms with E-state index in [0.29, 0.717) is 17.9 Å². The first-order valence-corrected chi connectivity index (χ1v) is 3.71. The molecule has 0 bridgehead atoms. The molecule has 0 aliphatic heterocycles. The summed E-state index contributed by atoms with van der Waals surface area (Å²) in [4.78, 5) is 13.0. The number of nitrogens with zero attached hydrogens (tertiary/aromatic N) is 2. The molecule has 5 nitrogen and oxygen atoms in total. The van der Waals surface area contributed by atoms with E-state index in [1.807, 2.05) is 6.92 Å². The van der Waals surface area contributed by atoms with Gasteiger partial charge in [-0.3, -0.25) is 9.89 Å². The lowest BCUT2D eigenvalue weighted by molar-refractivity contribution is 0.0803. The van der Waals surface area contributed by atoms with Crippen LogP contribution in [0, 0.1) is 0 Å². The summed E-state index contributed by atoms with van der Waals surface area (Å²) in [6.45, 7) is 2.55. The molecule has 1 amide bonds.